The molecule has 194 valence electrons. The Balaban J connectivity index is 0.000000239. The summed E-state index contributed by atoms with van der Waals surface area (Å²) in [5, 5.41) is 0. The van der Waals surface area contributed by atoms with Crippen molar-refractivity contribution in [3.63, 3.8) is 0 Å². The highest BCUT2D eigenvalue weighted by atomic mass is 79.9. The largest absolute Gasteiger partial charge is 0.129 e. The first-order chi connectivity index (χ1) is 18.4. The van der Waals surface area contributed by atoms with Gasteiger partial charge in [-0.15, -0.1) is 17.5 Å². The predicted octanol–water partition coefficient (Wildman–Crippen LogP) is 9.91. The maximum atomic E-state index is 5.30. The van der Waals surface area contributed by atoms with E-state index in [9.17, 15) is 0 Å². The number of halogens is 1. The van der Waals surface area contributed by atoms with Gasteiger partial charge in [0.05, 0.1) is 0 Å². The highest BCUT2D eigenvalue weighted by molar-refractivity contribution is 9.10. The van der Waals surface area contributed by atoms with Crippen molar-refractivity contribution in [1.82, 2.24) is 0 Å². The second-order valence-electron chi connectivity index (χ2n) is 11.4. The topological polar surface area (TPSA) is 0 Å². The molecule has 0 nitrogen and oxygen atoms in total. The van der Waals surface area contributed by atoms with E-state index in [2.05, 4.69) is 145 Å². The van der Waals surface area contributed by atoms with Crippen molar-refractivity contribution >= 4 is 32.1 Å². The standard InChI is InChI=1S/C22H26Si2.C14H9Br/c1-23(2,3)17-15-19-7-11-21(12-8-19)22-13-9-20(10-14-22)16-18-24(4,5)6;1-2-11-3-5-12(6-4-11)13-7-9-14(15)10-8-13/h7-14H,1-6H3;1,3-10H. The molecule has 0 fully saturated rings. The third-order valence-electron chi connectivity index (χ3n) is 5.50. The highest BCUT2D eigenvalue weighted by Gasteiger charge is 2.08. The number of terminal acetylenes is 1. The van der Waals surface area contributed by atoms with Crippen LogP contribution in [0.3, 0.4) is 0 Å². The maximum Gasteiger partial charge on any atom is 0.129 e. The summed E-state index contributed by atoms with van der Waals surface area (Å²) in [6.45, 7) is 13.6. The van der Waals surface area contributed by atoms with Crippen LogP contribution in [0.4, 0.5) is 0 Å². The number of hydrogen-bond acceptors (Lipinski definition) is 0. The number of hydrogen-bond donors (Lipinski definition) is 0. The molecule has 0 bridgehead atoms. The van der Waals surface area contributed by atoms with E-state index in [1.54, 1.807) is 0 Å². The van der Waals surface area contributed by atoms with E-state index in [0.29, 0.717) is 0 Å². The first kappa shape index (κ1) is 30.0. The molecule has 3 heteroatoms. The lowest BCUT2D eigenvalue weighted by molar-refractivity contribution is 1.58. The molecule has 0 aliphatic rings. The Kier molecular flexibility index (Phi) is 10.4. The Labute approximate surface area is 246 Å². The van der Waals surface area contributed by atoms with Crippen LogP contribution in [0.15, 0.2) is 102 Å². The lowest BCUT2D eigenvalue weighted by Crippen LogP contribution is -2.16. The Bertz CT molecular complexity index is 1460. The molecule has 0 aliphatic heterocycles. The van der Waals surface area contributed by atoms with E-state index in [1.165, 1.54) is 22.3 Å². The van der Waals surface area contributed by atoms with Crippen molar-refractivity contribution in [2.45, 2.75) is 39.3 Å². The second kappa shape index (κ2) is 13.5. The summed E-state index contributed by atoms with van der Waals surface area (Å²) < 4.78 is 1.09. The number of rotatable bonds is 2. The molecule has 0 N–H and O–H groups in total. The van der Waals surface area contributed by atoms with Crippen LogP contribution in [0.5, 0.6) is 0 Å². The quantitative estimate of drug-likeness (QED) is 0.158. The van der Waals surface area contributed by atoms with Crippen LogP contribution in [0.25, 0.3) is 22.3 Å². The van der Waals surface area contributed by atoms with Crippen LogP contribution >= 0.6 is 15.9 Å². The molecule has 0 spiro atoms. The maximum absolute atomic E-state index is 5.30. The van der Waals surface area contributed by atoms with E-state index >= 15 is 0 Å². The van der Waals surface area contributed by atoms with Crippen LogP contribution < -0.4 is 0 Å². The van der Waals surface area contributed by atoms with Gasteiger partial charge in [-0.2, -0.15) is 0 Å². The first-order valence-electron chi connectivity index (χ1n) is 13.0. The Morgan fingerprint density at radius 3 is 1.03 bits per heavy atom. The fourth-order valence-electron chi connectivity index (χ4n) is 3.41. The van der Waals surface area contributed by atoms with Gasteiger partial charge in [0.25, 0.3) is 0 Å². The van der Waals surface area contributed by atoms with E-state index in [0.717, 1.165) is 21.2 Å². The average Bonchev–Trinajstić information content (AvgIpc) is 2.91. The highest BCUT2D eigenvalue weighted by Crippen LogP contribution is 2.22. The van der Waals surface area contributed by atoms with Crippen molar-refractivity contribution in [2.24, 2.45) is 0 Å². The molecule has 0 unspecified atom stereocenters. The lowest BCUT2D eigenvalue weighted by Gasteiger charge is -2.05. The van der Waals surface area contributed by atoms with Gasteiger partial charge in [-0.3, -0.25) is 0 Å². The molecular weight excluding hydrogens is 568 g/mol. The minimum absolute atomic E-state index is 0.913. The summed E-state index contributed by atoms with van der Waals surface area (Å²) in [7, 11) is -2.63. The summed E-state index contributed by atoms with van der Waals surface area (Å²) in [4.78, 5) is 0. The van der Waals surface area contributed by atoms with Crippen LogP contribution in [-0.4, -0.2) is 16.1 Å². The van der Waals surface area contributed by atoms with Gasteiger partial charge < -0.3 is 0 Å². The van der Waals surface area contributed by atoms with Gasteiger partial charge in [0.1, 0.15) is 16.1 Å². The van der Waals surface area contributed by atoms with Crippen LogP contribution in [0.1, 0.15) is 16.7 Å². The van der Waals surface area contributed by atoms with Gasteiger partial charge in [0.2, 0.25) is 0 Å². The van der Waals surface area contributed by atoms with E-state index in [-0.39, 0.29) is 0 Å². The molecule has 4 aromatic carbocycles. The molecule has 0 radical (unpaired) electrons. The summed E-state index contributed by atoms with van der Waals surface area (Å²) in [6, 6.07) is 33.3. The smallest absolute Gasteiger partial charge is 0.127 e. The second-order valence-corrected chi connectivity index (χ2v) is 21.8. The zero-order valence-corrected chi connectivity index (χ0v) is 27.3. The van der Waals surface area contributed by atoms with E-state index in [4.69, 9.17) is 6.42 Å². The lowest BCUT2D eigenvalue weighted by atomic mass is 10.0. The molecule has 0 aromatic heterocycles. The van der Waals surface area contributed by atoms with Crippen molar-refractivity contribution in [2.75, 3.05) is 0 Å². The molecule has 0 saturated carbocycles. The SMILES string of the molecule is C#Cc1ccc(-c2ccc(Br)cc2)cc1.C[Si](C)(C)C#Cc1ccc(-c2ccc(C#C[Si](C)(C)C)cc2)cc1. The van der Waals surface area contributed by atoms with Crippen molar-refractivity contribution in [3.8, 4) is 57.5 Å². The average molecular weight is 604 g/mol. The number of benzene rings is 4. The zero-order valence-electron chi connectivity index (χ0n) is 23.7. The third kappa shape index (κ3) is 10.6. The molecule has 4 rings (SSSR count). The van der Waals surface area contributed by atoms with Crippen molar-refractivity contribution < 1.29 is 0 Å². The molecule has 0 aliphatic carbocycles. The third-order valence-corrected chi connectivity index (χ3v) is 7.77. The minimum atomic E-state index is -1.32. The fraction of sp³-hybridized carbons (Fsp3) is 0.167. The normalized spacial score (nSPS) is 10.5. The molecule has 0 atom stereocenters. The fourth-order valence-corrected chi connectivity index (χ4v) is 4.72. The van der Waals surface area contributed by atoms with E-state index < -0.39 is 16.1 Å². The summed E-state index contributed by atoms with van der Waals surface area (Å²) >= 11 is 3.41. The van der Waals surface area contributed by atoms with Crippen LogP contribution in [-0.2, 0) is 0 Å². The summed E-state index contributed by atoms with van der Waals surface area (Å²) in [6.07, 6.45) is 5.30. The monoisotopic (exact) mass is 602 g/mol. The molecule has 0 amide bonds. The molecule has 39 heavy (non-hydrogen) atoms. The van der Waals surface area contributed by atoms with Gasteiger partial charge >= 0.3 is 0 Å². The predicted molar refractivity (Wildman–Crippen MR) is 180 cm³/mol. The van der Waals surface area contributed by atoms with E-state index in [1.807, 2.05) is 36.4 Å². The van der Waals surface area contributed by atoms with Crippen molar-refractivity contribution in [3.05, 3.63) is 118 Å². The van der Waals surface area contributed by atoms with Crippen molar-refractivity contribution in [1.29, 1.82) is 0 Å². The summed E-state index contributed by atoms with van der Waals surface area (Å²) in [5.41, 5.74) is 14.7. The molecule has 4 aromatic rings. The van der Waals surface area contributed by atoms with Gasteiger partial charge in [-0.05, 0) is 70.8 Å². The van der Waals surface area contributed by atoms with Gasteiger partial charge in [-0.1, -0.05) is 122 Å². The molecule has 0 saturated heterocycles. The molecular formula is C36H35BrSi2. The summed E-state index contributed by atoms with van der Waals surface area (Å²) in [5.74, 6) is 9.21. The van der Waals surface area contributed by atoms with Gasteiger partial charge in [0, 0.05) is 21.2 Å². The molecule has 0 heterocycles. The Hall–Kier alpha value is -3.53. The first-order valence-corrected chi connectivity index (χ1v) is 20.8. The van der Waals surface area contributed by atoms with Crippen LogP contribution in [0, 0.1) is 35.3 Å². The van der Waals surface area contributed by atoms with Gasteiger partial charge in [0.15, 0.2) is 0 Å². The van der Waals surface area contributed by atoms with Gasteiger partial charge in [-0.25, -0.2) is 0 Å². The minimum Gasteiger partial charge on any atom is -0.127 e. The Morgan fingerprint density at radius 1 is 0.462 bits per heavy atom. The van der Waals surface area contributed by atoms with Crippen LogP contribution in [0.2, 0.25) is 39.3 Å². The zero-order chi connectivity index (χ0) is 28.5. The Morgan fingerprint density at radius 2 is 0.744 bits per heavy atom.